The molecule has 6 nitrogen and oxygen atoms in total. The lowest BCUT2D eigenvalue weighted by molar-refractivity contribution is -0.120. The number of hydrogen-bond donors (Lipinski definition) is 2. The van der Waals surface area contributed by atoms with Crippen LogP contribution in [-0.2, 0) is 11.2 Å². The first-order valence-corrected chi connectivity index (χ1v) is 12.1. The van der Waals surface area contributed by atoms with Gasteiger partial charge in [-0.3, -0.25) is 9.78 Å². The number of aryl methyl sites for hydroxylation is 1. The van der Waals surface area contributed by atoms with Crippen molar-refractivity contribution >= 4 is 12.0 Å². The average Bonchev–Trinajstić information content (AvgIpc) is 2.91. The third-order valence-corrected chi connectivity index (χ3v) is 5.60. The second-order valence-corrected chi connectivity index (χ2v) is 8.19. The molecule has 6 heteroatoms. The van der Waals surface area contributed by atoms with Gasteiger partial charge in [-0.25, -0.2) is 0 Å². The van der Waals surface area contributed by atoms with Crippen LogP contribution in [0.2, 0.25) is 0 Å². The first-order valence-electron chi connectivity index (χ1n) is 12.1. The molecule has 0 aliphatic carbocycles. The molecule has 2 aromatic carbocycles. The second kappa shape index (κ2) is 14.6. The molecular weight excluding hydrogens is 438 g/mol. The molecule has 35 heavy (non-hydrogen) atoms. The maximum absolute atomic E-state index is 12.1. The number of methoxy groups -OCH3 is 2. The van der Waals surface area contributed by atoms with Gasteiger partial charge in [0.25, 0.3) is 0 Å². The van der Waals surface area contributed by atoms with Crippen LogP contribution < -0.4 is 20.1 Å². The molecule has 0 aliphatic rings. The minimum Gasteiger partial charge on any atom is -0.493 e. The van der Waals surface area contributed by atoms with Crippen LogP contribution in [0.3, 0.4) is 0 Å². The average molecular weight is 474 g/mol. The zero-order valence-electron chi connectivity index (χ0n) is 20.6. The van der Waals surface area contributed by atoms with Gasteiger partial charge >= 0.3 is 0 Å². The van der Waals surface area contributed by atoms with Crippen molar-refractivity contribution in [2.45, 2.75) is 25.7 Å². The van der Waals surface area contributed by atoms with Gasteiger partial charge in [0.2, 0.25) is 5.91 Å². The van der Waals surface area contributed by atoms with Crippen LogP contribution in [0.4, 0.5) is 0 Å². The number of pyridine rings is 1. The molecule has 0 bridgehead atoms. The summed E-state index contributed by atoms with van der Waals surface area (Å²) in [4.78, 5) is 16.4. The maximum Gasteiger partial charge on any atom is 0.223 e. The zero-order chi connectivity index (χ0) is 24.7. The van der Waals surface area contributed by atoms with E-state index < -0.39 is 0 Å². The van der Waals surface area contributed by atoms with Gasteiger partial charge in [0, 0.05) is 24.7 Å². The highest BCUT2D eigenvalue weighted by atomic mass is 16.5. The molecule has 0 atom stereocenters. The summed E-state index contributed by atoms with van der Waals surface area (Å²) < 4.78 is 10.6. The van der Waals surface area contributed by atoms with Crippen molar-refractivity contribution in [3.8, 4) is 22.8 Å². The molecule has 0 unspecified atom stereocenters. The molecule has 1 aromatic heterocycles. The van der Waals surface area contributed by atoms with Gasteiger partial charge in [0.05, 0.1) is 19.9 Å². The van der Waals surface area contributed by atoms with E-state index in [4.69, 9.17) is 9.47 Å². The van der Waals surface area contributed by atoms with E-state index in [0.29, 0.717) is 13.0 Å². The van der Waals surface area contributed by atoms with E-state index >= 15 is 0 Å². The Bertz CT molecular complexity index is 1070. The van der Waals surface area contributed by atoms with E-state index in [1.807, 2.05) is 66.7 Å². The highest BCUT2D eigenvalue weighted by Gasteiger charge is 2.04. The Morgan fingerprint density at radius 1 is 0.914 bits per heavy atom. The van der Waals surface area contributed by atoms with Gasteiger partial charge in [-0.2, -0.15) is 0 Å². The lowest BCUT2D eigenvalue weighted by Crippen LogP contribution is -2.27. The standard InChI is InChI=1S/C29H35N3O3/c1-34-27-17-14-24(22-28(27)35-2)9-6-18-30-19-7-21-32-29(33)11-5-8-23-12-15-25(16-13-23)26-10-3-4-20-31-26/h3-5,8,10,12-17,20,22,30H,6-7,9,11,18-19,21H2,1-2H3,(H,32,33)/b8-5+. The Kier molecular flexibility index (Phi) is 10.8. The third-order valence-electron chi connectivity index (χ3n) is 5.60. The third kappa shape index (κ3) is 8.91. The Labute approximate surface area is 208 Å². The topological polar surface area (TPSA) is 72.5 Å². The van der Waals surface area contributed by atoms with Crippen LogP contribution in [0, 0.1) is 0 Å². The van der Waals surface area contributed by atoms with E-state index in [1.165, 1.54) is 5.56 Å². The van der Waals surface area contributed by atoms with Crippen LogP contribution in [0.1, 0.15) is 30.4 Å². The number of carbonyl (C=O) groups is 1. The number of amides is 1. The summed E-state index contributed by atoms with van der Waals surface area (Å²) in [5, 5.41) is 6.41. The summed E-state index contributed by atoms with van der Waals surface area (Å²) in [6.07, 6.45) is 8.96. The van der Waals surface area contributed by atoms with Gasteiger partial charge in [-0.05, 0) is 67.7 Å². The lowest BCUT2D eigenvalue weighted by atomic mass is 10.1. The van der Waals surface area contributed by atoms with Gasteiger partial charge in [0.1, 0.15) is 0 Å². The summed E-state index contributed by atoms with van der Waals surface area (Å²) in [6, 6.07) is 20.1. The number of nitrogens with zero attached hydrogens (tertiary/aromatic N) is 1. The number of nitrogens with one attached hydrogen (secondary N) is 2. The van der Waals surface area contributed by atoms with E-state index in [2.05, 4.69) is 21.7 Å². The highest BCUT2D eigenvalue weighted by Crippen LogP contribution is 2.27. The Balaban J connectivity index is 1.24. The number of benzene rings is 2. The predicted octanol–water partition coefficient (Wildman–Crippen LogP) is 4.90. The Hall–Kier alpha value is -3.64. The van der Waals surface area contributed by atoms with E-state index in [9.17, 15) is 4.79 Å². The summed E-state index contributed by atoms with van der Waals surface area (Å²) in [6.45, 7) is 2.49. The van der Waals surface area contributed by atoms with Crippen LogP contribution in [-0.4, -0.2) is 44.7 Å². The number of hydrogen-bond acceptors (Lipinski definition) is 5. The predicted molar refractivity (Wildman–Crippen MR) is 142 cm³/mol. The van der Waals surface area contributed by atoms with Crippen molar-refractivity contribution in [2.24, 2.45) is 0 Å². The van der Waals surface area contributed by atoms with Crippen molar-refractivity contribution < 1.29 is 14.3 Å². The molecule has 2 N–H and O–H groups in total. The van der Waals surface area contributed by atoms with E-state index in [-0.39, 0.29) is 5.91 Å². The van der Waals surface area contributed by atoms with Crippen molar-refractivity contribution in [2.75, 3.05) is 33.9 Å². The molecule has 0 spiro atoms. The molecule has 1 heterocycles. The minimum atomic E-state index is 0.0415. The SMILES string of the molecule is COc1ccc(CCCNCCCNC(=O)C/C=C/c2ccc(-c3ccccn3)cc2)cc1OC. The summed E-state index contributed by atoms with van der Waals surface area (Å²) in [5.74, 6) is 1.56. The molecule has 0 aliphatic heterocycles. The zero-order valence-corrected chi connectivity index (χ0v) is 20.6. The van der Waals surface area contributed by atoms with Crippen LogP contribution in [0.25, 0.3) is 17.3 Å². The molecule has 0 saturated carbocycles. The molecule has 184 valence electrons. The fraction of sp³-hybridized carbons (Fsp3) is 0.310. The molecule has 1 amide bonds. The summed E-state index contributed by atoms with van der Waals surface area (Å²) in [7, 11) is 3.30. The highest BCUT2D eigenvalue weighted by molar-refractivity contribution is 5.78. The van der Waals surface area contributed by atoms with E-state index in [0.717, 1.165) is 60.7 Å². The fourth-order valence-electron chi connectivity index (χ4n) is 3.69. The van der Waals surface area contributed by atoms with Crippen LogP contribution in [0.5, 0.6) is 11.5 Å². The largest absolute Gasteiger partial charge is 0.493 e. The molecule has 0 fully saturated rings. The van der Waals surface area contributed by atoms with Crippen molar-refractivity contribution in [3.05, 3.63) is 84.1 Å². The van der Waals surface area contributed by atoms with Gasteiger partial charge < -0.3 is 20.1 Å². The van der Waals surface area contributed by atoms with E-state index in [1.54, 1.807) is 20.4 Å². The number of ether oxygens (including phenoxy) is 2. The van der Waals surface area contributed by atoms with Gasteiger partial charge in [-0.1, -0.05) is 48.6 Å². The van der Waals surface area contributed by atoms with Gasteiger partial charge in [-0.15, -0.1) is 0 Å². The normalized spacial score (nSPS) is 10.9. The molecule has 0 radical (unpaired) electrons. The van der Waals surface area contributed by atoms with Crippen molar-refractivity contribution in [1.82, 2.24) is 15.6 Å². The fourth-order valence-corrected chi connectivity index (χ4v) is 3.69. The molecule has 3 aromatic rings. The maximum atomic E-state index is 12.1. The monoisotopic (exact) mass is 473 g/mol. The van der Waals surface area contributed by atoms with Crippen LogP contribution in [0.15, 0.2) is 72.9 Å². The molecule has 3 rings (SSSR count). The van der Waals surface area contributed by atoms with Crippen molar-refractivity contribution in [3.63, 3.8) is 0 Å². The number of carbonyl (C=O) groups excluding carboxylic acids is 1. The van der Waals surface area contributed by atoms with Crippen molar-refractivity contribution in [1.29, 1.82) is 0 Å². The first kappa shape index (κ1) is 26.0. The molecular formula is C29H35N3O3. The molecule has 0 saturated heterocycles. The second-order valence-electron chi connectivity index (χ2n) is 8.19. The number of rotatable bonds is 14. The first-order chi connectivity index (χ1) is 17.2. The lowest BCUT2D eigenvalue weighted by Gasteiger charge is -2.10. The Morgan fingerprint density at radius 2 is 1.71 bits per heavy atom. The summed E-state index contributed by atoms with van der Waals surface area (Å²) >= 11 is 0. The Morgan fingerprint density at radius 3 is 2.46 bits per heavy atom. The van der Waals surface area contributed by atoms with Crippen LogP contribution >= 0.6 is 0 Å². The summed E-state index contributed by atoms with van der Waals surface area (Å²) in [5.41, 5.74) is 4.33. The van der Waals surface area contributed by atoms with Gasteiger partial charge in [0.15, 0.2) is 11.5 Å². The minimum absolute atomic E-state index is 0.0415. The number of aromatic nitrogens is 1. The quantitative estimate of drug-likeness (QED) is 0.326. The smallest absolute Gasteiger partial charge is 0.223 e.